The van der Waals surface area contributed by atoms with Crippen LogP contribution in [0.4, 0.5) is 0 Å². The lowest BCUT2D eigenvalue weighted by molar-refractivity contribution is 0.336. The molecule has 1 heterocycles. The Balaban J connectivity index is 2.89. The minimum atomic E-state index is -0.326. The van der Waals surface area contributed by atoms with E-state index in [9.17, 15) is 4.79 Å². The second-order valence-electron chi connectivity index (χ2n) is 4.65. The normalized spacial score (nSPS) is 11.8. The summed E-state index contributed by atoms with van der Waals surface area (Å²) in [5, 5.41) is 4.17. The van der Waals surface area contributed by atoms with Gasteiger partial charge in [-0.25, -0.2) is 4.68 Å². The average Bonchev–Trinajstić information content (AvgIpc) is 2.12. The van der Waals surface area contributed by atoms with E-state index in [1.807, 2.05) is 0 Å². The van der Waals surface area contributed by atoms with Crippen LogP contribution in [0.2, 0.25) is 10.0 Å². The zero-order valence-electron chi connectivity index (χ0n) is 9.05. The molecule has 0 aliphatic heterocycles. The first kappa shape index (κ1) is 12.5. The fourth-order valence-electron chi connectivity index (χ4n) is 1.05. The zero-order valence-corrected chi connectivity index (χ0v) is 10.6. The number of halogens is 2. The van der Waals surface area contributed by atoms with Crippen LogP contribution in [0.3, 0.4) is 0 Å². The van der Waals surface area contributed by atoms with Crippen LogP contribution in [-0.2, 0) is 6.54 Å². The summed E-state index contributed by atoms with van der Waals surface area (Å²) < 4.78 is 1.35. The summed E-state index contributed by atoms with van der Waals surface area (Å²) in [5.41, 5.74) is -0.166. The Kier molecular flexibility index (Phi) is 3.79. The molecule has 1 rings (SSSR count). The van der Waals surface area contributed by atoms with E-state index in [2.05, 4.69) is 25.9 Å². The molecule has 0 spiro atoms. The summed E-state index contributed by atoms with van der Waals surface area (Å²) in [5.74, 6) is 0. The molecule has 0 fully saturated rings. The van der Waals surface area contributed by atoms with Gasteiger partial charge in [-0.15, -0.1) is 0 Å². The van der Waals surface area contributed by atoms with Gasteiger partial charge in [-0.3, -0.25) is 4.79 Å². The number of hydrogen-bond acceptors (Lipinski definition) is 2. The van der Waals surface area contributed by atoms with Gasteiger partial charge < -0.3 is 0 Å². The van der Waals surface area contributed by atoms with Crippen molar-refractivity contribution in [2.24, 2.45) is 5.41 Å². The van der Waals surface area contributed by atoms with Crippen LogP contribution in [0, 0.1) is 5.41 Å². The van der Waals surface area contributed by atoms with Gasteiger partial charge in [0, 0.05) is 6.54 Å². The molecule has 1 aromatic rings. The number of nitrogens with zero attached hydrogens (tertiary/aromatic N) is 2. The maximum absolute atomic E-state index is 11.6. The summed E-state index contributed by atoms with van der Waals surface area (Å²) in [6.45, 7) is 6.87. The van der Waals surface area contributed by atoms with Crippen LogP contribution >= 0.6 is 23.2 Å². The largest absolute Gasteiger partial charge is 0.287 e. The summed E-state index contributed by atoms with van der Waals surface area (Å²) >= 11 is 11.4. The first-order valence-electron chi connectivity index (χ1n) is 4.72. The average molecular weight is 249 g/mol. The second kappa shape index (κ2) is 4.54. The van der Waals surface area contributed by atoms with Gasteiger partial charge in [-0.05, 0) is 11.8 Å². The SMILES string of the molecule is CC(C)(C)CCn1ncc(Cl)c(Cl)c1=O. The lowest BCUT2D eigenvalue weighted by Crippen LogP contribution is -2.25. The third-order valence-corrected chi connectivity index (χ3v) is 2.76. The molecule has 0 aliphatic carbocycles. The van der Waals surface area contributed by atoms with Crippen LogP contribution in [0.15, 0.2) is 11.0 Å². The van der Waals surface area contributed by atoms with Crippen LogP contribution < -0.4 is 5.56 Å². The molecule has 84 valence electrons. The van der Waals surface area contributed by atoms with Crippen molar-refractivity contribution in [2.75, 3.05) is 0 Å². The number of aryl methyl sites for hydroxylation is 1. The fourth-order valence-corrected chi connectivity index (χ4v) is 1.32. The third-order valence-electron chi connectivity index (χ3n) is 2.02. The molecule has 0 N–H and O–H groups in total. The van der Waals surface area contributed by atoms with Crippen LogP contribution in [0.1, 0.15) is 27.2 Å². The highest BCUT2D eigenvalue weighted by Crippen LogP contribution is 2.19. The lowest BCUT2D eigenvalue weighted by atomic mass is 9.92. The molecule has 0 amide bonds. The molecule has 15 heavy (non-hydrogen) atoms. The third kappa shape index (κ3) is 3.50. The highest BCUT2D eigenvalue weighted by molar-refractivity contribution is 6.41. The van der Waals surface area contributed by atoms with E-state index in [4.69, 9.17) is 23.2 Å². The van der Waals surface area contributed by atoms with E-state index in [0.717, 1.165) is 6.42 Å². The monoisotopic (exact) mass is 248 g/mol. The minimum absolute atomic E-state index is 0.0422. The molecule has 1 aromatic heterocycles. The maximum Gasteiger partial charge on any atom is 0.287 e. The molecule has 0 saturated carbocycles. The topological polar surface area (TPSA) is 34.9 Å². The van der Waals surface area contributed by atoms with Gasteiger partial charge in [0.15, 0.2) is 0 Å². The fraction of sp³-hybridized carbons (Fsp3) is 0.600. The molecule has 0 atom stereocenters. The molecule has 0 aromatic carbocycles. The van der Waals surface area contributed by atoms with E-state index in [0.29, 0.717) is 6.54 Å². The Labute approximate surface area is 99.0 Å². The molecular formula is C10H14Cl2N2O. The predicted molar refractivity (Wildman–Crippen MR) is 62.6 cm³/mol. The first-order chi connectivity index (χ1) is 6.81. The maximum atomic E-state index is 11.6. The van der Waals surface area contributed by atoms with Crippen LogP contribution in [0.5, 0.6) is 0 Å². The Morgan fingerprint density at radius 1 is 1.40 bits per heavy atom. The summed E-state index contributed by atoms with van der Waals surface area (Å²) in [6.07, 6.45) is 2.26. The lowest BCUT2D eigenvalue weighted by Gasteiger charge is -2.17. The summed E-state index contributed by atoms with van der Waals surface area (Å²) in [6, 6.07) is 0. The molecule has 0 saturated heterocycles. The molecule has 5 heteroatoms. The van der Waals surface area contributed by atoms with Gasteiger partial charge in [-0.1, -0.05) is 44.0 Å². The van der Waals surface area contributed by atoms with Crippen molar-refractivity contribution in [2.45, 2.75) is 33.7 Å². The van der Waals surface area contributed by atoms with Gasteiger partial charge in [0.2, 0.25) is 0 Å². The van der Waals surface area contributed by atoms with Crippen molar-refractivity contribution in [1.82, 2.24) is 9.78 Å². The van der Waals surface area contributed by atoms with Gasteiger partial charge in [0.05, 0.1) is 11.2 Å². The highest BCUT2D eigenvalue weighted by Gasteiger charge is 2.12. The standard InChI is InChI=1S/C10H14Cl2N2O/c1-10(2,3)4-5-14-9(15)8(12)7(11)6-13-14/h6H,4-5H2,1-3H3. The number of rotatable bonds is 2. The van der Waals surface area contributed by atoms with Crippen LogP contribution in [0.25, 0.3) is 0 Å². The van der Waals surface area contributed by atoms with Gasteiger partial charge in [0.1, 0.15) is 5.02 Å². The van der Waals surface area contributed by atoms with Gasteiger partial charge in [-0.2, -0.15) is 5.10 Å². The quantitative estimate of drug-likeness (QED) is 0.807. The van der Waals surface area contributed by atoms with E-state index in [1.165, 1.54) is 10.9 Å². The van der Waals surface area contributed by atoms with Crippen molar-refractivity contribution in [3.05, 3.63) is 26.6 Å². The van der Waals surface area contributed by atoms with E-state index >= 15 is 0 Å². The first-order valence-corrected chi connectivity index (χ1v) is 5.48. The molecule has 0 radical (unpaired) electrons. The Hall–Kier alpha value is -0.540. The summed E-state index contributed by atoms with van der Waals surface area (Å²) in [7, 11) is 0. The number of aromatic nitrogens is 2. The predicted octanol–water partition coefficient (Wildman–Crippen LogP) is 2.99. The molecular weight excluding hydrogens is 235 g/mol. The smallest absolute Gasteiger partial charge is 0.266 e. The van der Waals surface area contributed by atoms with E-state index in [-0.39, 0.29) is 21.0 Å². The molecule has 3 nitrogen and oxygen atoms in total. The van der Waals surface area contributed by atoms with E-state index < -0.39 is 0 Å². The second-order valence-corrected chi connectivity index (χ2v) is 5.43. The van der Waals surface area contributed by atoms with Crippen LogP contribution in [-0.4, -0.2) is 9.78 Å². The Bertz CT molecular complexity index is 407. The van der Waals surface area contributed by atoms with Crippen molar-refractivity contribution < 1.29 is 0 Å². The van der Waals surface area contributed by atoms with Crippen molar-refractivity contribution in [3.63, 3.8) is 0 Å². The molecule has 0 unspecified atom stereocenters. The van der Waals surface area contributed by atoms with Crippen molar-refractivity contribution >= 4 is 23.2 Å². The Morgan fingerprint density at radius 2 is 2.00 bits per heavy atom. The number of hydrogen-bond donors (Lipinski definition) is 0. The van der Waals surface area contributed by atoms with Gasteiger partial charge >= 0.3 is 0 Å². The minimum Gasteiger partial charge on any atom is -0.266 e. The Morgan fingerprint density at radius 3 is 2.53 bits per heavy atom. The zero-order chi connectivity index (χ0) is 11.6. The molecule has 0 aliphatic rings. The highest BCUT2D eigenvalue weighted by atomic mass is 35.5. The van der Waals surface area contributed by atoms with Crippen molar-refractivity contribution in [1.29, 1.82) is 0 Å². The van der Waals surface area contributed by atoms with Gasteiger partial charge in [0.25, 0.3) is 5.56 Å². The van der Waals surface area contributed by atoms with E-state index in [1.54, 1.807) is 0 Å². The molecule has 0 bridgehead atoms. The van der Waals surface area contributed by atoms with Crippen molar-refractivity contribution in [3.8, 4) is 0 Å². The summed E-state index contributed by atoms with van der Waals surface area (Å²) in [4.78, 5) is 11.6.